The molecule has 4 heteroatoms. The van der Waals surface area contributed by atoms with E-state index in [0.29, 0.717) is 11.0 Å². The molecule has 21 heavy (non-hydrogen) atoms. The van der Waals surface area contributed by atoms with Gasteiger partial charge in [-0.2, -0.15) is 0 Å². The zero-order chi connectivity index (χ0) is 15.6. The van der Waals surface area contributed by atoms with E-state index in [1.54, 1.807) is 12.1 Å². The topological polar surface area (TPSA) is 53.4 Å². The molecule has 1 N–H and O–H groups in total. The summed E-state index contributed by atoms with van der Waals surface area (Å²) in [5, 5.41) is 9.29. The number of carboxylic acid groups (broad SMARTS) is 1. The van der Waals surface area contributed by atoms with Gasteiger partial charge in [0.1, 0.15) is 5.82 Å². The number of hydrogen-bond acceptors (Lipinski definition) is 3. The van der Waals surface area contributed by atoms with Crippen LogP contribution in [0.2, 0.25) is 0 Å². The molecule has 0 amide bonds. The lowest BCUT2D eigenvalue weighted by Gasteiger charge is -2.39. The highest BCUT2D eigenvalue weighted by molar-refractivity contribution is 5.88. The maximum atomic E-state index is 11.3. The Hall–Kier alpha value is -1.58. The van der Waals surface area contributed by atoms with Gasteiger partial charge in [-0.25, -0.2) is 9.78 Å². The number of piperidine rings is 1. The summed E-state index contributed by atoms with van der Waals surface area (Å²) in [6, 6.07) is 3.40. The van der Waals surface area contributed by atoms with Crippen LogP contribution in [0, 0.1) is 5.41 Å². The van der Waals surface area contributed by atoms with Crippen LogP contribution in [0.15, 0.2) is 12.1 Å². The zero-order valence-electron chi connectivity index (χ0n) is 13.5. The van der Waals surface area contributed by atoms with Gasteiger partial charge in [0, 0.05) is 18.8 Å². The van der Waals surface area contributed by atoms with Gasteiger partial charge < -0.3 is 10.0 Å². The SMILES string of the molecule is CCC1(C)CCN(c2cc(C(=O)O)cc(C(C)C)n2)CC1. The highest BCUT2D eigenvalue weighted by Crippen LogP contribution is 2.35. The van der Waals surface area contributed by atoms with Gasteiger partial charge >= 0.3 is 5.97 Å². The van der Waals surface area contributed by atoms with Gasteiger partial charge in [0.15, 0.2) is 0 Å². The summed E-state index contributed by atoms with van der Waals surface area (Å²) in [4.78, 5) is 18.2. The first-order valence-electron chi connectivity index (χ1n) is 7.85. The molecule has 1 aliphatic rings. The van der Waals surface area contributed by atoms with E-state index >= 15 is 0 Å². The standard InChI is InChI=1S/C17H26N2O2/c1-5-17(4)6-8-19(9-7-17)15-11-13(16(20)21)10-14(18-15)12(2)3/h10-12H,5-9H2,1-4H3,(H,20,21). The van der Waals surface area contributed by atoms with Crippen molar-refractivity contribution in [3.05, 3.63) is 23.4 Å². The molecule has 0 atom stereocenters. The second-order valence-corrected chi connectivity index (χ2v) is 6.75. The van der Waals surface area contributed by atoms with Crippen LogP contribution in [0.25, 0.3) is 0 Å². The highest BCUT2D eigenvalue weighted by atomic mass is 16.4. The molecular weight excluding hydrogens is 264 g/mol. The number of pyridine rings is 1. The highest BCUT2D eigenvalue weighted by Gasteiger charge is 2.29. The summed E-state index contributed by atoms with van der Waals surface area (Å²) in [7, 11) is 0. The van der Waals surface area contributed by atoms with E-state index in [1.165, 1.54) is 6.42 Å². The maximum absolute atomic E-state index is 11.3. The number of carboxylic acids is 1. The lowest BCUT2D eigenvalue weighted by atomic mass is 9.78. The van der Waals surface area contributed by atoms with Crippen LogP contribution in [0.3, 0.4) is 0 Å². The quantitative estimate of drug-likeness (QED) is 0.913. The second kappa shape index (κ2) is 6.04. The maximum Gasteiger partial charge on any atom is 0.335 e. The molecule has 4 nitrogen and oxygen atoms in total. The molecule has 0 unspecified atom stereocenters. The minimum absolute atomic E-state index is 0.230. The predicted octanol–water partition coefficient (Wildman–Crippen LogP) is 3.92. The van der Waals surface area contributed by atoms with Crippen molar-refractivity contribution < 1.29 is 9.90 Å². The van der Waals surface area contributed by atoms with Gasteiger partial charge in [-0.3, -0.25) is 0 Å². The van der Waals surface area contributed by atoms with Crippen molar-refractivity contribution in [2.45, 2.75) is 52.9 Å². The van der Waals surface area contributed by atoms with Gasteiger partial charge in [-0.05, 0) is 36.3 Å². The number of rotatable bonds is 4. The molecule has 0 spiro atoms. The summed E-state index contributed by atoms with van der Waals surface area (Å²) in [5.41, 5.74) is 1.61. The van der Waals surface area contributed by atoms with Crippen molar-refractivity contribution in [2.24, 2.45) is 5.41 Å². The number of carbonyl (C=O) groups is 1. The largest absolute Gasteiger partial charge is 0.478 e. The van der Waals surface area contributed by atoms with E-state index in [4.69, 9.17) is 0 Å². The van der Waals surface area contributed by atoms with Gasteiger partial charge in [-0.15, -0.1) is 0 Å². The van der Waals surface area contributed by atoms with Crippen molar-refractivity contribution in [1.82, 2.24) is 4.98 Å². The fourth-order valence-electron chi connectivity index (χ4n) is 2.75. The molecule has 116 valence electrons. The first kappa shape index (κ1) is 15.8. The average molecular weight is 290 g/mol. The van der Waals surface area contributed by atoms with Crippen LogP contribution in [0.1, 0.15) is 68.9 Å². The zero-order valence-corrected chi connectivity index (χ0v) is 13.5. The van der Waals surface area contributed by atoms with E-state index in [1.807, 2.05) is 13.8 Å². The number of aromatic nitrogens is 1. The van der Waals surface area contributed by atoms with E-state index in [9.17, 15) is 9.90 Å². The third kappa shape index (κ3) is 3.55. The molecule has 1 aliphatic heterocycles. The van der Waals surface area contributed by atoms with Crippen molar-refractivity contribution >= 4 is 11.8 Å². The minimum atomic E-state index is -0.879. The van der Waals surface area contributed by atoms with E-state index in [-0.39, 0.29) is 5.92 Å². The number of hydrogen-bond donors (Lipinski definition) is 1. The molecule has 2 heterocycles. The Morgan fingerprint density at radius 1 is 1.38 bits per heavy atom. The van der Waals surface area contributed by atoms with Gasteiger partial charge in [0.2, 0.25) is 0 Å². The van der Waals surface area contributed by atoms with Gasteiger partial charge in [0.05, 0.1) is 5.56 Å². The van der Waals surface area contributed by atoms with Crippen molar-refractivity contribution in [1.29, 1.82) is 0 Å². The Labute approximate surface area is 127 Å². The van der Waals surface area contributed by atoms with E-state index in [0.717, 1.165) is 37.4 Å². The number of anilines is 1. The fourth-order valence-corrected chi connectivity index (χ4v) is 2.75. The summed E-state index contributed by atoms with van der Waals surface area (Å²) in [6.07, 6.45) is 3.47. The van der Waals surface area contributed by atoms with Crippen molar-refractivity contribution in [2.75, 3.05) is 18.0 Å². The molecule has 0 aromatic carbocycles. The van der Waals surface area contributed by atoms with E-state index in [2.05, 4.69) is 23.7 Å². The molecular formula is C17H26N2O2. The summed E-state index contributed by atoms with van der Waals surface area (Å²) in [5.74, 6) is 0.168. The first-order chi connectivity index (χ1) is 9.84. The predicted molar refractivity (Wildman–Crippen MR) is 85.1 cm³/mol. The second-order valence-electron chi connectivity index (χ2n) is 6.75. The molecule has 2 rings (SSSR count). The van der Waals surface area contributed by atoms with Crippen molar-refractivity contribution in [3.8, 4) is 0 Å². The Kier molecular flexibility index (Phi) is 4.55. The Bertz CT molecular complexity index is 518. The van der Waals surface area contributed by atoms with Crippen LogP contribution in [-0.2, 0) is 0 Å². The molecule has 1 saturated heterocycles. The van der Waals surface area contributed by atoms with E-state index < -0.39 is 5.97 Å². The summed E-state index contributed by atoms with van der Waals surface area (Å²) in [6.45, 7) is 10.6. The average Bonchev–Trinajstić information content (AvgIpc) is 2.47. The van der Waals surface area contributed by atoms with Crippen molar-refractivity contribution in [3.63, 3.8) is 0 Å². The Balaban J connectivity index is 2.26. The molecule has 1 aromatic heterocycles. The normalized spacial score (nSPS) is 18.0. The molecule has 0 aliphatic carbocycles. The van der Waals surface area contributed by atoms with Gasteiger partial charge in [0.25, 0.3) is 0 Å². The number of nitrogens with zero attached hydrogens (tertiary/aromatic N) is 2. The van der Waals surface area contributed by atoms with Crippen LogP contribution >= 0.6 is 0 Å². The third-order valence-corrected chi connectivity index (χ3v) is 4.82. The minimum Gasteiger partial charge on any atom is -0.478 e. The Morgan fingerprint density at radius 2 is 2.00 bits per heavy atom. The summed E-state index contributed by atoms with van der Waals surface area (Å²) < 4.78 is 0. The lowest BCUT2D eigenvalue weighted by Crippen LogP contribution is -2.39. The summed E-state index contributed by atoms with van der Waals surface area (Å²) >= 11 is 0. The first-order valence-corrected chi connectivity index (χ1v) is 7.85. The van der Waals surface area contributed by atoms with Crippen LogP contribution < -0.4 is 4.90 Å². The Morgan fingerprint density at radius 3 is 2.48 bits per heavy atom. The van der Waals surface area contributed by atoms with Crippen LogP contribution in [-0.4, -0.2) is 29.1 Å². The smallest absolute Gasteiger partial charge is 0.335 e. The third-order valence-electron chi connectivity index (χ3n) is 4.82. The monoisotopic (exact) mass is 290 g/mol. The van der Waals surface area contributed by atoms with Gasteiger partial charge in [-0.1, -0.05) is 34.1 Å². The van der Waals surface area contributed by atoms with Crippen LogP contribution in [0.4, 0.5) is 5.82 Å². The molecule has 0 bridgehead atoms. The fraction of sp³-hybridized carbons (Fsp3) is 0.647. The number of aromatic carboxylic acids is 1. The molecule has 0 radical (unpaired) electrons. The lowest BCUT2D eigenvalue weighted by molar-refractivity contribution is 0.0696. The van der Waals surface area contributed by atoms with Crippen LogP contribution in [0.5, 0.6) is 0 Å². The molecule has 1 aromatic rings. The molecule has 1 fully saturated rings. The molecule has 0 saturated carbocycles.